The van der Waals surface area contributed by atoms with Gasteiger partial charge in [-0.3, -0.25) is 14.9 Å². The lowest BCUT2D eigenvalue weighted by atomic mass is 10.0. The van der Waals surface area contributed by atoms with Gasteiger partial charge in [-0.15, -0.1) is 0 Å². The van der Waals surface area contributed by atoms with Crippen molar-refractivity contribution in [2.24, 2.45) is 0 Å². The number of likely N-dealkylation sites (N-methyl/N-ethyl adjacent to an activating group) is 1. The quantitative estimate of drug-likeness (QED) is 0.413. The van der Waals surface area contributed by atoms with E-state index in [-0.39, 0.29) is 11.6 Å². The normalized spacial score (nSPS) is 11.2. The highest BCUT2D eigenvalue weighted by Crippen LogP contribution is 2.31. The Bertz CT molecular complexity index is 1020. The van der Waals surface area contributed by atoms with E-state index in [1.54, 1.807) is 24.3 Å². The van der Waals surface area contributed by atoms with Gasteiger partial charge >= 0.3 is 0 Å². The molecule has 1 heterocycles. The third-order valence-electron chi connectivity index (χ3n) is 4.13. The smallest absolute Gasteiger partial charge is 0.271 e. The molecule has 0 aliphatic heterocycles. The molecule has 134 valence electrons. The minimum atomic E-state index is -0.485. The maximum atomic E-state index is 12.5. The van der Waals surface area contributed by atoms with Gasteiger partial charge in [-0.05, 0) is 26.2 Å². The van der Waals surface area contributed by atoms with Gasteiger partial charge in [0.15, 0.2) is 0 Å². The van der Waals surface area contributed by atoms with E-state index < -0.39 is 4.92 Å². The summed E-state index contributed by atoms with van der Waals surface area (Å²) in [5.41, 5.74) is 7.82. The van der Waals surface area contributed by atoms with Crippen LogP contribution in [-0.2, 0) is 0 Å². The lowest BCUT2D eigenvalue weighted by Gasteiger charge is -2.12. The molecule has 0 unspecified atom stereocenters. The molecule has 0 saturated heterocycles. The number of para-hydroxylation sites is 1. The Morgan fingerprint density at radius 3 is 2.73 bits per heavy atom. The van der Waals surface area contributed by atoms with Crippen LogP contribution in [0.2, 0.25) is 0 Å². The third-order valence-corrected chi connectivity index (χ3v) is 4.13. The molecule has 3 rings (SSSR count). The van der Waals surface area contributed by atoms with Crippen LogP contribution in [0.3, 0.4) is 0 Å². The Morgan fingerprint density at radius 1 is 1.27 bits per heavy atom. The number of aromatic nitrogens is 1. The summed E-state index contributed by atoms with van der Waals surface area (Å²) in [7, 11) is 3.84. The van der Waals surface area contributed by atoms with E-state index in [1.165, 1.54) is 12.1 Å². The minimum Gasteiger partial charge on any atom is -0.398 e. The van der Waals surface area contributed by atoms with Crippen molar-refractivity contribution in [1.82, 2.24) is 15.2 Å². The van der Waals surface area contributed by atoms with Crippen molar-refractivity contribution in [2.75, 3.05) is 32.9 Å². The van der Waals surface area contributed by atoms with Gasteiger partial charge in [0.2, 0.25) is 0 Å². The number of nitro groups is 1. The van der Waals surface area contributed by atoms with Crippen molar-refractivity contribution in [3.63, 3.8) is 0 Å². The molecule has 0 atom stereocenters. The van der Waals surface area contributed by atoms with Gasteiger partial charge in [0.1, 0.15) is 0 Å². The number of carbonyl (C=O) groups excluding carboxylic acids is 1. The van der Waals surface area contributed by atoms with Crippen LogP contribution in [0.4, 0.5) is 11.4 Å². The van der Waals surface area contributed by atoms with Crippen molar-refractivity contribution >= 4 is 39.1 Å². The number of nitro benzene ring substituents is 1. The van der Waals surface area contributed by atoms with Crippen LogP contribution >= 0.6 is 0 Å². The minimum absolute atomic E-state index is 0.0725. The van der Waals surface area contributed by atoms with Crippen LogP contribution in [0, 0.1) is 10.1 Å². The zero-order valence-corrected chi connectivity index (χ0v) is 14.5. The first-order chi connectivity index (χ1) is 12.4. The van der Waals surface area contributed by atoms with E-state index in [0.717, 1.165) is 0 Å². The molecule has 0 aliphatic rings. The topological polar surface area (TPSA) is 114 Å². The van der Waals surface area contributed by atoms with Crippen molar-refractivity contribution in [2.45, 2.75) is 0 Å². The number of hydrogen-bond donors (Lipinski definition) is 2. The van der Waals surface area contributed by atoms with Gasteiger partial charge in [-0.1, -0.05) is 12.1 Å². The number of anilines is 1. The fraction of sp³-hybridized carbons (Fsp3) is 0.222. The predicted molar refractivity (Wildman–Crippen MR) is 101 cm³/mol. The standard InChI is InChI=1S/C18H19N5O3/c1-22(2)9-8-20-18(24)14-5-3-4-13-16(19)12-7-6-11(23(25)26)10-15(12)21-17(13)14/h3-7,10H,8-9H2,1-2H3,(H2,19,21)(H,20,24). The van der Waals surface area contributed by atoms with Crippen LogP contribution in [0.15, 0.2) is 36.4 Å². The summed E-state index contributed by atoms with van der Waals surface area (Å²) in [6, 6.07) is 9.55. The summed E-state index contributed by atoms with van der Waals surface area (Å²) in [6.45, 7) is 1.21. The second kappa shape index (κ2) is 6.93. The number of hydrogen-bond acceptors (Lipinski definition) is 6. The number of amides is 1. The molecule has 8 heteroatoms. The third kappa shape index (κ3) is 3.27. The van der Waals surface area contributed by atoms with Crippen molar-refractivity contribution in [3.05, 3.63) is 52.1 Å². The number of nitrogens with one attached hydrogen (secondary N) is 1. The van der Waals surface area contributed by atoms with Crippen LogP contribution in [0.5, 0.6) is 0 Å². The molecular weight excluding hydrogens is 334 g/mol. The SMILES string of the molecule is CN(C)CCNC(=O)c1cccc2c(N)c3ccc([N+](=O)[O-])cc3nc12. The molecule has 2 aromatic carbocycles. The number of carbonyl (C=O) groups is 1. The first kappa shape index (κ1) is 17.6. The Kier molecular flexibility index (Phi) is 4.68. The lowest BCUT2D eigenvalue weighted by Crippen LogP contribution is -2.31. The van der Waals surface area contributed by atoms with E-state index >= 15 is 0 Å². The van der Waals surface area contributed by atoms with E-state index in [0.29, 0.717) is 46.1 Å². The molecule has 1 amide bonds. The number of nitrogens with zero attached hydrogens (tertiary/aromatic N) is 3. The van der Waals surface area contributed by atoms with E-state index in [2.05, 4.69) is 10.3 Å². The monoisotopic (exact) mass is 353 g/mol. The average molecular weight is 353 g/mol. The van der Waals surface area contributed by atoms with Crippen molar-refractivity contribution < 1.29 is 9.72 Å². The number of rotatable bonds is 5. The van der Waals surface area contributed by atoms with Crippen molar-refractivity contribution in [3.8, 4) is 0 Å². The number of non-ortho nitro benzene ring substituents is 1. The molecule has 3 aromatic rings. The van der Waals surface area contributed by atoms with E-state index in [1.807, 2.05) is 19.0 Å². The summed E-state index contributed by atoms with van der Waals surface area (Å²) < 4.78 is 0. The van der Waals surface area contributed by atoms with E-state index in [4.69, 9.17) is 5.73 Å². The Balaban J connectivity index is 2.11. The van der Waals surface area contributed by atoms with Crippen LogP contribution in [-0.4, -0.2) is 47.9 Å². The molecule has 0 bridgehead atoms. The highest BCUT2D eigenvalue weighted by Gasteiger charge is 2.16. The number of benzene rings is 2. The van der Waals surface area contributed by atoms with Gasteiger partial charge in [-0.2, -0.15) is 0 Å². The highest BCUT2D eigenvalue weighted by molar-refractivity contribution is 6.13. The fourth-order valence-electron chi connectivity index (χ4n) is 2.77. The Labute approximate surface area is 149 Å². The fourth-order valence-corrected chi connectivity index (χ4v) is 2.77. The number of nitrogens with two attached hydrogens (primary N) is 1. The van der Waals surface area contributed by atoms with E-state index in [9.17, 15) is 14.9 Å². The number of nitrogen functional groups attached to an aromatic ring is 1. The predicted octanol–water partition coefficient (Wildman–Crippen LogP) is 2.17. The maximum Gasteiger partial charge on any atom is 0.271 e. The molecule has 0 fully saturated rings. The van der Waals surface area contributed by atoms with Gasteiger partial charge < -0.3 is 16.0 Å². The van der Waals surface area contributed by atoms with Gasteiger partial charge in [-0.25, -0.2) is 4.98 Å². The molecule has 0 radical (unpaired) electrons. The summed E-state index contributed by atoms with van der Waals surface area (Å²) in [4.78, 5) is 29.5. The molecule has 8 nitrogen and oxygen atoms in total. The first-order valence-electron chi connectivity index (χ1n) is 8.08. The zero-order valence-electron chi connectivity index (χ0n) is 14.5. The van der Waals surface area contributed by atoms with Crippen molar-refractivity contribution in [1.29, 1.82) is 0 Å². The zero-order chi connectivity index (χ0) is 18.8. The van der Waals surface area contributed by atoms with Crippen LogP contribution in [0.1, 0.15) is 10.4 Å². The van der Waals surface area contributed by atoms with Crippen LogP contribution < -0.4 is 11.1 Å². The molecule has 26 heavy (non-hydrogen) atoms. The second-order valence-corrected chi connectivity index (χ2v) is 6.24. The molecular formula is C18H19N5O3. The van der Waals surface area contributed by atoms with Gasteiger partial charge in [0.05, 0.1) is 27.2 Å². The first-order valence-corrected chi connectivity index (χ1v) is 8.08. The summed E-state index contributed by atoms with van der Waals surface area (Å²) >= 11 is 0. The second-order valence-electron chi connectivity index (χ2n) is 6.24. The van der Waals surface area contributed by atoms with Crippen LogP contribution in [0.25, 0.3) is 21.8 Å². The maximum absolute atomic E-state index is 12.5. The highest BCUT2D eigenvalue weighted by atomic mass is 16.6. The summed E-state index contributed by atoms with van der Waals surface area (Å²) in [6.07, 6.45) is 0. The number of fused-ring (bicyclic) bond motifs is 2. The average Bonchev–Trinajstić information content (AvgIpc) is 2.60. The molecule has 0 spiro atoms. The Morgan fingerprint density at radius 2 is 2.04 bits per heavy atom. The molecule has 0 aliphatic carbocycles. The lowest BCUT2D eigenvalue weighted by molar-refractivity contribution is -0.384. The Hall–Kier alpha value is -3.26. The number of pyridine rings is 1. The molecule has 0 saturated carbocycles. The summed E-state index contributed by atoms with van der Waals surface area (Å²) in [5.74, 6) is -0.255. The summed E-state index contributed by atoms with van der Waals surface area (Å²) in [5, 5.41) is 15.1. The largest absolute Gasteiger partial charge is 0.398 e. The molecule has 3 N–H and O–H groups in total. The van der Waals surface area contributed by atoms with Gasteiger partial charge in [0.25, 0.3) is 11.6 Å². The van der Waals surface area contributed by atoms with Gasteiger partial charge in [0, 0.05) is 36.0 Å². The molecule has 1 aromatic heterocycles.